The fourth-order valence-corrected chi connectivity index (χ4v) is 3.52. The van der Waals surface area contributed by atoms with Gasteiger partial charge in [-0.1, -0.05) is 66.9 Å². The number of rotatable bonds is 11. The summed E-state index contributed by atoms with van der Waals surface area (Å²) in [5.74, 6) is 3.40. The van der Waals surface area contributed by atoms with Crippen molar-refractivity contribution in [3.63, 3.8) is 0 Å². The third kappa shape index (κ3) is 8.69. The van der Waals surface area contributed by atoms with Crippen LogP contribution in [0.1, 0.15) is 93.9 Å². The molecule has 0 fully saturated rings. The van der Waals surface area contributed by atoms with Crippen LogP contribution in [0.2, 0.25) is 0 Å². The van der Waals surface area contributed by atoms with Crippen LogP contribution in [0, 0.1) is 29.1 Å². The van der Waals surface area contributed by atoms with E-state index in [0.717, 1.165) is 23.7 Å². The van der Waals surface area contributed by atoms with Gasteiger partial charge in [0.25, 0.3) is 0 Å². The molecule has 21 heavy (non-hydrogen) atoms. The van der Waals surface area contributed by atoms with E-state index in [-0.39, 0.29) is 0 Å². The van der Waals surface area contributed by atoms with Crippen molar-refractivity contribution >= 4 is 0 Å². The molecule has 0 heteroatoms. The molecule has 0 aromatic heterocycles. The fraction of sp³-hybridized carbons (Fsp3) is 0.905. The van der Waals surface area contributed by atoms with E-state index in [2.05, 4.69) is 62.0 Å². The Labute approximate surface area is 135 Å². The van der Waals surface area contributed by atoms with Gasteiger partial charge in [0.1, 0.15) is 0 Å². The van der Waals surface area contributed by atoms with E-state index in [9.17, 15) is 0 Å². The number of hydrogen-bond acceptors (Lipinski definition) is 0. The average Bonchev–Trinajstić information content (AvgIpc) is 2.39. The highest BCUT2D eigenvalue weighted by molar-refractivity contribution is 4.90. The minimum absolute atomic E-state index is 0.463. The van der Waals surface area contributed by atoms with Gasteiger partial charge in [0.15, 0.2) is 0 Å². The largest absolute Gasteiger partial charge is 0.100 e. The SMILES string of the molecule is C=C(C)CCC(C)(C)CCC(C)C(C)C(CCC)C(C)C. The molecule has 0 radical (unpaired) electrons. The van der Waals surface area contributed by atoms with E-state index in [0.29, 0.717) is 5.41 Å². The van der Waals surface area contributed by atoms with Crippen molar-refractivity contribution in [2.45, 2.75) is 93.9 Å². The fourth-order valence-electron chi connectivity index (χ4n) is 3.52. The monoisotopic (exact) mass is 294 g/mol. The highest BCUT2D eigenvalue weighted by atomic mass is 14.3. The molecular weight excluding hydrogens is 252 g/mol. The molecule has 0 amide bonds. The molecule has 0 N–H and O–H groups in total. The average molecular weight is 295 g/mol. The molecular formula is C21H42. The molecule has 0 aromatic rings. The van der Waals surface area contributed by atoms with Crippen LogP contribution >= 0.6 is 0 Å². The van der Waals surface area contributed by atoms with Crippen LogP contribution in [0.15, 0.2) is 12.2 Å². The van der Waals surface area contributed by atoms with Crippen LogP contribution in [0.25, 0.3) is 0 Å². The molecule has 0 rings (SSSR count). The van der Waals surface area contributed by atoms with Gasteiger partial charge >= 0.3 is 0 Å². The maximum absolute atomic E-state index is 4.04. The van der Waals surface area contributed by atoms with Crippen molar-refractivity contribution in [2.24, 2.45) is 29.1 Å². The van der Waals surface area contributed by atoms with Crippen LogP contribution in [-0.4, -0.2) is 0 Å². The number of allylic oxidation sites excluding steroid dienone is 1. The summed E-state index contributed by atoms with van der Waals surface area (Å²) in [6.45, 7) is 23.2. The minimum atomic E-state index is 0.463. The zero-order valence-corrected chi connectivity index (χ0v) is 16.3. The van der Waals surface area contributed by atoms with Gasteiger partial charge in [0.2, 0.25) is 0 Å². The van der Waals surface area contributed by atoms with Crippen LogP contribution < -0.4 is 0 Å². The lowest BCUT2D eigenvalue weighted by atomic mass is 9.72. The first-order valence-electron chi connectivity index (χ1n) is 9.25. The normalized spacial score (nSPS) is 16.8. The van der Waals surface area contributed by atoms with E-state index in [1.807, 2.05) is 0 Å². The Balaban J connectivity index is 4.39. The standard InChI is InChI=1S/C21H42/c1-10-11-20(17(4)5)19(7)18(6)13-15-21(8,9)14-12-16(2)3/h17-20H,2,10-15H2,1,3-9H3. The molecule has 0 heterocycles. The zero-order valence-electron chi connectivity index (χ0n) is 16.3. The maximum Gasteiger partial charge on any atom is -0.0321 e. The summed E-state index contributed by atoms with van der Waals surface area (Å²) < 4.78 is 0. The second-order valence-electron chi connectivity index (χ2n) is 8.69. The van der Waals surface area contributed by atoms with Crippen molar-refractivity contribution in [1.82, 2.24) is 0 Å². The van der Waals surface area contributed by atoms with E-state index in [1.165, 1.54) is 44.1 Å². The summed E-state index contributed by atoms with van der Waals surface area (Å²) in [5.41, 5.74) is 1.79. The van der Waals surface area contributed by atoms with Gasteiger partial charge in [0.05, 0.1) is 0 Å². The Hall–Kier alpha value is -0.260. The van der Waals surface area contributed by atoms with Crippen molar-refractivity contribution in [3.8, 4) is 0 Å². The Morgan fingerprint density at radius 1 is 1.00 bits per heavy atom. The van der Waals surface area contributed by atoms with Gasteiger partial charge in [-0.15, -0.1) is 6.58 Å². The minimum Gasteiger partial charge on any atom is -0.100 e. The highest BCUT2D eigenvalue weighted by Crippen LogP contribution is 2.37. The molecule has 0 aliphatic rings. The summed E-state index contributed by atoms with van der Waals surface area (Å²) >= 11 is 0. The first-order valence-corrected chi connectivity index (χ1v) is 9.25. The van der Waals surface area contributed by atoms with Crippen LogP contribution in [-0.2, 0) is 0 Å². The van der Waals surface area contributed by atoms with Gasteiger partial charge in [0, 0.05) is 0 Å². The van der Waals surface area contributed by atoms with Gasteiger partial charge in [-0.25, -0.2) is 0 Å². The number of hydrogen-bond donors (Lipinski definition) is 0. The van der Waals surface area contributed by atoms with Crippen LogP contribution in [0.5, 0.6) is 0 Å². The summed E-state index contributed by atoms with van der Waals surface area (Å²) in [4.78, 5) is 0. The summed E-state index contributed by atoms with van der Waals surface area (Å²) in [5, 5.41) is 0. The molecule has 0 aromatic carbocycles. The quantitative estimate of drug-likeness (QED) is 0.346. The Morgan fingerprint density at radius 2 is 1.57 bits per heavy atom. The van der Waals surface area contributed by atoms with Gasteiger partial charge in [-0.3, -0.25) is 0 Å². The van der Waals surface area contributed by atoms with Crippen LogP contribution in [0.3, 0.4) is 0 Å². The molecule has 3 unspecified atom stereocenters. The summed E-state index contributed by atoms with van der Waals surface area (Å²) in [6.07, 6.45) is 7.90. The molecule has 0 aliphatic carbocycles. The molecule has 3 atom stereocenters. The molecule has 0 bridgehead atoms. The second kappa shape index (κ2) is 9.70. The Bertz CT molecular complexity index is 284. The second-order valence-corrected chi connectivity index (χ2v) is 8.69. The van der Waals surface area contributed by atoms with Gasteiger partial charge in [-0.2, -0.15) is 0 Å². The first kappa shape index (κ1) is 20.7. The van der Waals surface area contributed by atoms with E-state index in [4.69, 9.17) is 0 Å². The first-order chi connectivity index (χ1) is 9.60. The van der Waals surface area contributed by atoms with Gasteiger partial charge in [-0.05, 0) is 61.7 Å². The predicted octanol–water partition coefficient (Wildman–Crippen LogP) is 7.49. The van der Waals surface area contributed by atoms with E-state index >= 15 is 0 Å². The maximum atomic E-state index is 4.04. The van der Waals surface area contributed by atoms with Crippen LogP contribution in [0.4, 0.5) is 0 Å². The van der Waals surface area contributed by atoms with E-state index in [1.54, 1.807) is 0 Å². The summed E-state index contributed by atoms with van der Waals surface area (Å²) in [6, 6.07) is 0. The molecule has 0 saturated heterocycles. The predicted molar refractivity (Wildman–Crippen MR) is 98.6 cm³/mol. The van der Waals surface area contributed by atoms with Crippen molar-refractivity contribution in [3.05, 3.63) is 12.2 Å². The highest BCUT2D eigenvalue weighted by Gasteiger charge is 2.26. The molecule has 0 aliphatic heterocycles. The third-order valence-corrected chi connectivity index (χ3v) is 5.56. The molecule has 0 spiro atoms. The topological polar surface area (TPSA) is 0 Å². The third-order valence-electron chi connectivity index (χ3n) is 5.56. The Morgan fingerprint density at radius 3 is 2.00 bits per heavy atom. The van der Waals surface area contributed by atoms with Gasteiger partial charge < -0.3 is 0 Å². The lowest BCUT2D eigenvalue weighted by Gasteiger charge is -2.34. The summed E-state index contributed by atoms with van der Waals surface area (Å²) in [7, 11) is 0. The molecule has 0 nitrogen and oxygen atoms in total. The molecule has 126 valence electrons. The lowest BCUT2D eigenvalue weighted by molar-refractivity contribution is 0.165. The van der Waals surface area contributed by atoms with Crippen molar-refractivity contribution < 1.29 is 0 Å². The smallest absolute Gasteiger partial charge is 0.0321 e. The zero-order chi connectivity index (χ0) is 16.6. The Kier molecular flexibility index (Phi) is 9.58. The van der Waals surface area contributed by atoms with E-state index < -0.39 is 0 Å². The molecule has 0 saturated carbocycles. The van der Waals surface area contributed by atoms with Crippen molar-refractivity contribution in [1.29, 1.82) is 0 Å². The van der Waals surface area contributed by atoms with Crippen molar-refractivity contribution in [2.75, 3.05) is 0 Å². The lowest BCUT2D eigenvalue weighted by Crippen LogP contribution is -2.25.